The van der Waals surface area contributed by atoms with E-state index in [1.54, 1.807) is 0 Å². The number of nitrogens with one attached hydrogen (secondary N) is 2. The van der Waals surface area contributed by atoms with Crippen molar-refractivity contribution in [2.24, 2.45) is 5.73 Å². The smallest absolute Gasteiger partial charge is 0.0667 e. The van der Waals surface area contributed by atoms with Crippen LogP contribution in [0.3, 0.4) is 0 Å². The zero-order chi connectivity index (χ0) is 26.5. The summed E-state index contributed by atoms with van der Waals surface area (Å²) in [7, 11) is 0. The third kappa shape index (κ3) is 26.8. The van der Waals surface area contributed by atoms with E-state index in [0.717, 1.165) is 77.8 Å². The minimum atomic E-state index is -0.280. The first-order valence-electron chi connectivity index (χ1n) is 15.8. The fourth-order valence-electron chi connectivity index (χ4n) is 4.76. The Hall–Kier alpha value is -0.240. The molecule has 0 saturated heterocycles. The Balaban J connectivity index is 4.15. The molecule has 0 aliphatic rings. The van der Waals surface area contributed by atoms with Crippen LogP contribution in [0.2, 0.25) is 0 Å². The maximum Gasteiger partial charge on any atom is 0.0667 e. The minimum absolute atomic E-state index is 0.280. The lowest BCUT2D eigenvalue weighted by atomic mass is 10.1. The molecule has 6 nitrogen and oxygen atoms in total. The van der Waals surface area contributed by atoms with E-state index in [1.165, 1.54) is 77.0 Å². The molecule has 6 heteroatoms. The molecule has 0 bridgehead atoms. The Labute approximate surface area is 225 Å². The Morgan fingerprint density at radius 3 is 1.44 bits per heavy atom. The molecule has 36 heavy (non-hydrogen) atoms. The van der Waals surface area contributed by atoms with Crippen LogP contribution >= 0.6 is 0 Å². The maximum absolute atomic E-state index is 10.7. The molecule has 218 valence electrons. The lowest BCUT2D eigenvalue weighted by Gasteiger charge is -2.27. The van der Waals surface area contributed by atoms with E-state index >= 15 is 0 Å². The highest BCUT2D eigenvalue weighted by Crippen LogP contribution is 2.12. The van der Waals surface area contributed by atoms with E-state index in [4.69, 9.17) is 5.73 Å². The second-order valence-electron chi connectivity index (χ2n) is 10.9. The fraction of sp³-hybridized carbons (Fsp3) is 1.00. The number of rotatable bonds is 30. The Bertz CT molecular complexity index is 390. The number of aliphatic hydroxyl groups is 2. The predicted octanol–water partition coefficient (Wildman–Crippen LogP) is 5.21. The summed E-state index contributed by atoms with van der Waals surface area (Å²) in [6.07, 6.45) is 20.8. The van der Waals surface area contributed by atoms with Crippen LogP contribution in [0.15, 0.2) is 0 Å². The molecule has 0 radical (unpaired) electrons. The number of hydrogen-bond acceptors (Lipinski definition) is 6. The van der Waals surface area contributed by atoms with Crippen LogP contribution in [-0.2, 0) is 0 Å². The molecule has 0 rings (SSSR count). The van der Waals surface area contributed by atoms with E-state index in [-0.39, 0.29) is 12.2 Å². The highest BCUT2D eigenvalue weighted by atomic mass is 16.3. The van der Waals surface area contributed by atoms with Gasteiger partial charge in [0, 0.05) is 13.1 Å². The van der Waals surface area contributed by atoms with E-state index < -0.39 is 0 Å². The molecule has 0 aliphatic heterocycles. The van der Waals surface area contributed by atoms with Gasteiger partial charge in [0.05, 0.1) is 12.2 Å². The third-order valence-corrected chi connectivity index (χ3v) is 7.06. The van der Waals surface area contributed by atoms with Crippen molar-refractivity contribution in [1.29, 1.82) is 0 Å². The van der Waals surface area contributed by atoms with Crippen LogP contribution in [0.1, 0.15) is 129 Å². The lowest BCUT2D eigenvalue weighted by Crippen LogP contribution is -2.39. The molecular formula is C30H66N4O2. The molecular weight excluding hydrogens is 448 g/mol. The summed E-state index contributed by atoms with van der Waals surface area (Å²) in [5, 5.41) is 28.3. The van der Waals surface area contributed by atoms with Crippen molar-refractivity contribution in [3.8, 4) is 0 Å². The van der Waals surface area contributed by atoms with Crippen LogP contribution in [0.25, 0.3) is 0 Å². The Kier molecular flexibility index (Phi) is 29.1. The average Bonchev–Trinajstić information content (AvgIpc) is 2.86. The highest BCUT2D eigenvalue weighted by molar-refractivity contribution is 4.70. The van der Waals surface area contributed by atoms with E-state index in [2.05, 4.69) is 29.4 Å². The van der Waals surface area contributed by atoms with Gasteiger partial charge in [-0.25, -0.2) is 0 Å². The lowest BCUT2D eigenvalue weighted by molar-refractivity contribution is 0.0600. The predicted molar refractivity (Wildman–Crippen MR) is 158 cm³/mol. The second-order valence-corrected chi connectivity index (χ2v) is 10.9. The molecule has 0 spiro atoms. The summed E-state index contributed by atoms with van der Waals surface area (Å²) in [6, 6.07) is 0. The summed E-state index contributed by atoms with van der Waals surface area (Å²) in [5.74, 6) is 0. The van der Waals surface area contributed by atoms with Crippen molar-refractivity contribution >= 4 is 0 Å². The number of nitrogens with two attached hydrogens (primary N) is 1. The average molecular weight is 515 g/mol. The first-order chi connectivity index (χ1) is 17.6. The standard InChI is InChI=1S/C30H66N4O2/c1-3-5-7-9-11-13-19-29(35)27-34(28-30(36)20-14-12-10-8-6-4-2)26-18-25-33-23-16-15-22-32-24-17-21-31/h29-30,32-33,35-36H,3-28,31H2,1-2H3/t29-,30-/m1/s1. The van der Waals surface area contributed by atoms with E-state index in [0.29, 0.717) is 13.1 Å². The molecule has 0 aromatic carbocycles. The van der Waals surface area contributed by atoms with Crippen molar-refractivity contribution < 1.29 is 10.2 Å². The molecule has 0 unspecified atom stereocenters. The van der Waals surface area contributed by atoms with Crippen molar-refractivity contribution in [2.75, 3.05) is 52.4 Å². The SMILES string of the molecule is CCCCCCCC[C@@H](O)CN(CCCNCCCCNCCCN)C[C@H](O)CCCCCCCC. The van der Waals surface area contributed by atoms with E-state index in [1.807, 2.05) is 0 Å². The summed E-state index contributed by atoms with van der Waals surface area (Å²) in [4.78, 5) is 2.31. The normalized spacial score (nSPS) is 13.5. The van der Waals surface area contributed by atoms with Gasteiger partial charge < -0.3 is 26.6 Å². The summed E-state index contributed by atoms with van der Waals surface area (Å²) in [6.45, 7) is 11.7. The maximum atomic E-state index is 10.7. The number of unbranched alkanes of at least 4 members (excludes halogenated alkanes) is 11. The third-order valence-electron chi connectivity index (χ3n) is 7.06. The largest absolute Gasteiger partial charge is 0.392 e. The Morgan fingerprint density at radius 2 is 0.972 bits per heavy atom. The van der Waals surface area contributed by atoms with Crippen molar-refractivity contribution in [3.05, 3.63) is 0 Å². The first kappa shape index (κ1) is 35.8. The van der Waals surface area contributed by atoms with Gasteiger partial charge in [-0.05, 0) is 77.8 Å². The zero-order valence-corrected chi connectivity index (χ0v) is 24.5. The topological polar surface area (TPSA) is 93.8 Å². The van der Waals surface area contributed by atoms with Gasteiger partial charge in [0.15, 0.2) is 0 Å². The van der Waals surface area contributed by atoms with Gasteiger partial charge in [0.25, 0.3) is 0 Å². The highest BCUT2D eigenvalue weighted by Gasteiger charge is 2.15. The van der Waals surface area contributed by atoms with Gasteiger partial charge in [-0.2, -0.15) is 0 Å². The molecule has 0 heterocycles. The fourth-order valence-corrected chi connectivity index (χ4v) is 4.76. The quantitative estimate of drug-likeness (QED) is 0.0845. The van der Waals surface area contributed by atoms with Crippen LogP contribution < -0.4 is 16.4 Å². The van der Waals surface area contributed by atoms with Gasteiger partial charge in [0.1, 0.15) is 0 Å². The minimum Gasteiger partial charge on any atom is -0.392 e. The zero-order valence-electron chi connectivity index (χ0n) is 24.5. The van der Waals surface area contributed by atoms with Gasteiger partial charge in [0.2, 0.25) is 0 Å². The monoisotopic (exact) mass is 515 g/mol. The molecule has 2 atom stereocenters. The van der Waals surface area contributed by atoms with E-state index in [9.17, 15) is 10.2 Å². The summed E-state index contributed by atoms with van der Waals surface area (Å²) >= 11 is 0. The van der Waals surface area contributed by atoms with Crippen LogP contribution in [0.4, 0.5) is 0 Å². The molecule has 0 aliphatic carbocycles. The molecule has 6 N–H and O–H groups in total. The van der Waals surface area contributed by atoms with Crippen LogP contribution in [0, 0.1) is 0 Å². The molecule has 0 aromatic heterocycles. The van der Waals surface area contributed by atoms with Crippen molar-refractivity contribution in [3.63, 3.8) is 0 Å². The van der Waals surface area contributed by atoms with Crippen LogP contribution in [0.5, 0.6) is 0 Å². The molecule has 0 saturated carbocycles. The van der Waals surface area contributed by atoms with Crippen LogP contribution in [-0.4, -0.2) is 79.7 Å². The number of hydrogen-bond donors (Lipinski definition) is 5. The van der Waals surface area contributed by atoms with Gasteiger partial charge in [-0.3, -0.25) is 4.90 Å². The van der Waals surface area contributed by atoms with Gasteiger partial charge >= 0.3 is 0 Å². The molecule has 0 fully saturated rings. The van der Waals surface area contributed by atoms with Gasteiger partial charge in [-0.1, -0.05) is 90.9 Å². The molecule has 0 aromatic rings. The summed E-state index contributed by atoms with van der Waals surface area (Å²) < 4.78 is 0. The second kappa shape index (κ2) is 29.3. The number of aliphatic hydroxyl groups excluding tert-OH is 2. The van der Waals surface area contributed by atoms with Gasteiger partial charge in [-0.15, -0.1) is 0 Å². The molecule has 0 amide bonds. The summed E-state index contributed by atoms with van der Waals surface area (Å²) in [5.41, 5.74) is 5.51. The first-order valence-corrected chi connectivity index (χ1v) is 15.8. The number of nitrogens with zero attached hydrogens (tertiary/aromatic N) is 1. The van der Waals surface area contributed by atoms with Crippen molar-refractivity contribution in [2.45, 2.75) is 142 Å². The van der Waals surface area contributed by atoms with Crippen molar-refractivity contribution in [1.82, 2.24) is 15.5 Å². The Morgan fingerprint density at radius 1 is 0.556 bits per heavy atom.